The van der Waals surface area contributed by atoms with Crippen molar-refractivity contribution in [1.29, 1.82) is 0 Å². The maximum absolute atomic E-state index is 9.75. The Hall–Kier alpha value is -2.06. The molecule has 1 aliphatic heterocycles. The first-order valence-corrected chi connectivity index (χ1v) is 10.4. The van der Waals surface area contributed by atoms with E-state index in [-0.39, 0.29) is 10.9 Å². The third-order valence-corrected chi connectivity index (χ3v) is 7.69. The lowest BCUT2D eigenvalue weighted by atomic mass is 10.2. The number of ether oxygens (including phenoxy) is 1. The van der Waals surface area contributed by atoms with Crippen molar-refractivity contribution in [3.05, 3.63) is 72.3 Å². The molecule has 0 radical (unpaired) electrons. The molecule has 0 N–H and O–H groups in total. The molecule has 0 fully saturated rings. The highest BCUT2D eigenvalue weighted by molar-refractivity contribution is 8.04. The molecule has 0 bridgehead atoms. The second-order valence-corrected chi connectivity index (χ2v) is 8.98. The van der Waals surface area contributed by atoms with Crippen molar-refractivity contribution in [3.63, 3.8) is 0 Å². The minimum absolute atomic E-state index is 0.0548. The fraction of sp³-hybridized carbons (Fsp3) is 0.100. The van der Waals surface area contributed by atoms with Gasteiger partial charge in [0.25, 0.3) is 0 Å². The zero-order valence-corrected chi connectivity index (χ0v) is 16.8. The molecule has 146 valence electrons. The molecule has 0 amide bonds. The molecular formula is C20H17BF4OS2. The van der Waals surface area contributed by atoms with Crippen molar-refractivity contribution < 1.29 is 22.0 Å². The van der Waals surface area contributed by atoms with Gasteiger partial charge in [0.15, 0.2) is 14.7 Å². The van der Waals surface area contributed by atoms with Crippen LogP contribution in [0.15, 0.2) is 91.2 Å². The molecule has 0 atom stereocenters. The number of hydrogen-bond donors (Lipinski definition) is 0. The van der Waals surface area contributed by atoms with E-state index in [0.717, 1.165) is 5.75 Å². The number of rotatable bonds is 2. The number of hydrogen-bond acceptors (Lipinski definition) is 2. The van der Waals surface area contributed by atoms with Crippen LogP contribution in [-0.2, 0) is 10.9 Å². The van der Waals surface area contributed by atoms with Gasteiger partial charge in [0.1, 0.15) is 16.6 Å². The van der Waals surface area contributed by atoms with Crippen LogP contribution in [0.2, 0.25) is 0 Å². The van der Waals surface area contributed by atoms with Crippen molar-refractivity contribution in [2.45, 2.75) is 31.4 Å². The Morgan fingerprint density at radius 3 is 1.79 bits per heavy atom. The number of methoxy groups -OCH3 is 1. The predicted octanol–water partition coefficient (Wildman–Crippen LogP) is 6.86. The van der Waals surface area contributed by atoms with Gasteiger partial charge in [-0.25, -0.2) is 0 Å². The Kier molecular flexibility index (Phi) is 6.30. The summed E-state index contributed by atoms with van der Waals surface area (Å²) in [6.07, 6.45) is 0. The number of fused-ring (bicyclic) bond motifs is 2. The molecule has 1 heterocycles. The summed E-state index contributed by atoms with van der Waals surface area (Å²) in [6, 6.07) is 24.1. The van der Waals surface area contributed by atoms with Gasteiger partial charge in [-0.2, -0.15) is 0 Å². The molecule has 0 saturated carbocycles. The lowest BCUT2D eigenvalue weighted by Crippen LogP contribution is -2.11. The normalized spacial score (nSPS) is 13.1. The zero-order chi connectivity index (χ0) is 20.3. The third-order valence-electron chi connectivity index (χ3n) is 3.96. The van der Waals surface area contributed by atoms with E-state index < -0.39 is 7.25 Å². The van der Waals surface area contributed by atoms with Crippen molar-refractivity contribution in [3.8, 4) is 5.75 Å². The summed E-state index contributed by atoms with van der Waals surface area (Å²) in [5, 5.41) is 0. The van der Waals surface area contributed by atoms with E-state index in [1.54, 1.807) is 7.11 Å². The highest BCUT2D eigenvalue weighted by Gasteiger charge is 2.37. The highest BCUT2D eigenvalue weighted by Crippen LogP contribution is 2.48. The van der Waals surface area contributed by atoms with Crippen LogP contribution in [0.5, 0.6) is 5.75 Å². The fourth-order valence-corrected chi connectivity index (χ4v) is 6.70. The summed E-state index contributed by atoms with van der Waals surface area (Å²) in [7, 11) is -4.33. The van der Waals surface area contributed by atoms with Crippen molar-refractivity contribution in [2.24, 2.45) is 0 Å². The van der Waals surface area contributed by atoms with Crippen LogP contribution >= 0.6 is 11.8 Å². The van der Waals surface area contributed by atoms with Crippen LogP contribution in [0, 0.1) is 6.92 Å². The maximum atomic E-state index is 9.75. The molecule has 3 aromatic rings. The monoisotopic (exact) mass is 424 g/mol. The first-order valence-electron chi connectivity index (χ1n) is 8.40. The molecule has 1 aliphatic rings. The largest absolute Gasteiger partial charge is 0.673 e. The minimum Gasteiger partial charge on any atom is -0.496 e. The lowest BCUT2D eigenvalue weighted by molar-refractivity contribution is 0.368. The Bertz CT molecular complexity index is 927. The molecule has 0 aliphatic carbocycles. The molecule has 3 aromatic carbocycles. The summed E-state index contributed by atoms with van der Waals surface area (Å²) in [5.74, 6) is 0.949. The molecule has 28 heavy (non-hydrogen) atoms. The fourth-order valence-electron chi connectivity index (χ4n) is 2.87. The van der Waals surface area contributed by atoms with Gasteiger partial charge in [-0.3, -0.25) is 0 Å². The summed E-state index contributed by atoms with van der Waals surface area (Å²) >= 11 is 1.88. The van der Waals surface area contributed by atoms with Gasteiger partial charge in [0, 0.05) is 6.07 Å². The van der Waals surface area contributed by atoms with Gasteiger partial charge in [-0.15, -0.1) is 0 Å². The van der Waals surface area contributed by atoms with Crippen LogP contribution in [0.3, 0.4) is 0 Å². The predicted molar refractivity (Wildman–Crippen MR) is 107 cm³/mol. The minimum atomic E-state index is -6.00. The van der Waals surface area contributed by atoms with E-state index in [9.17, 15) is 17.3 Å². The van der Waals surface area contributed by atoms with E-state index in [4.69, 9.17) is 4.74 Å². The molecule has 1 nitrogen and oxygen atoms in total. The number of benzene rings is 3. The van der Waals surface area contributed by atoms with Crippen LogP contribution in [0.25, 0.3) is 0 Å². The summed E-state index contributed by atoms with van der Waals surface area (Å²) in [4.78, 5) is 6.91. The Balaban J connectivity index is 0.000000403. The van der Waals surface area contributed by atoms with Crippen molar-refractivity contribution in [2.75, 3.05) is 7.11 Å². The topological polar surface area (TPSA) is 9.23 Å². The van der Waals surface area contributed by atoms with Crippen LogP contribution < -0.4 is 4.74 Å². The van der Waals surface area contributed by atoms with Crippen molar-refractivity contribution in [1.82, 2.24) is 0 Å². The first-order chi connectivity index (χ1) is 13.3. The van der Waals surface area contributed by atoms with Gasteiger partial charge in [-0.05, 0) is 48.9 Å². The van der Waals surface area contributed by atoms with E-state index in [2.05, 4.69) is 73.7 Å². The van der Waals surface area contributed by atoms with Gasteiger partial charge in [-0.1, -0.05) is 36.0 Å². The molecule has 0 aromatic heterocycles. The Morgan fingerprint density at radius 2 is 1.32 bits per heavy atom. The summed E-state index contributed by atoms with van der Waals surface area (Å²) in [5.41, 5.74) is 1.19. The van der Waals surface area contributed by atoms with E-state index in [1.807, 2.05) is 11.8 Å². The molecule has 0 unspecified atom stereocenters. The molecule has 0 saturated heterocycles. The van der Waals surface area contributed by atoms with Crippen LogP contribution in [-0.4, -0.2) is 14.4 Å². The van der Waals surface area contributed by atoms with Crippen molar-refractivity contribution >= 4 is 29.9 Å². The Morgan fingerprint density at radius 1 is 0.821 bits per heavy atom. The molecule has 0 spiro atoms. The second kappa shape index (κ2) is 8.53. The second-order valence-electron chi connectivity index (χ2n) is 5.93. The smallest absolute Gasteiger partial charge is 0.496 e. The molecule has 4 rings (SSSR count). The van der Waals surface area contributed by atoms with Gasteiger partial charge >= 0.3 is 7.25 Å². The lowest BCUT2D eigenvalue weighted by Gasteiger charge is -2.19. The standard InChI is InChI=1S/C20H17OS2.BF4/c1-14-13-15(11-12-16(14)21-2)23-19-9-5-3-7-17(19)22-18-8-4-6-10-20(18)23;2-1(3,4)5/h3-13H,1-2H3;/q+1;-1. The molecular weight excluding hydrogens is 407 g/mol. The summed E-state index contributed by atoms with van der Waals surface area (Å²) < 4.78 is 44.4. The van der Waals surface area contributed by atoms with Crippen LogP contribution in [0.4, 0.5) is 17.3 Å². The zero-order valence-electron chi connectivity index (χ0n) is 15.2. The SMILES string of the molecule is COc1ccc([S+]2c3ccccc3Sc3ccccc32)cc1C.F[B-](F)(F)F. The maximum Gasteiger partial charge on any atom is 0.673 e. The quantitative estimate of drug-likeness (QED) is 0.197. The average Bonchev–Trinajstić information content (AvgIpc) is 2.64. The highest BCUT2D eigenvalue weighted by atomic mass is 32.2. The van der Waals surface area contributed by atoms with E-state index in [0.29, 0.717) is 0 Å². The third kappa shape index (κ3) is 4.86. The average molecular weight is 424 g/mol. The van der Waals surface area contributed by atoms with Gasteiger partial charge in [0.05, 0.1) is 16.9 Å². The van der Waals surface area contributed by atoms with Crippen LogP contribution in [0.1, 0.15) is 5.56 Å². The summed E-state index contributed by atoms with van der Waals surface area (Å²) in [6.45, 7) is 2.11. The van der Waals surface area contributed by atoms with Gasteiger partial charge in [0.2, 0.25) is 0 Å². The number of halogens is 4. The van der Waals surface area contributed by atoms with E-state index in [1.165, 1.54) is 30.0 Å². The first kappa shape index (κ1) is 20.7. The number of aryl methyl sites for hydroxylation is 1. The Labute approximate surface area is 168 Å². The molecule has 8 heteroatoms. The van der Waals surface area contributed by atoms with E-state index >= 15 is 0 Å². The van der Waals surface area contributed by atoms with Gasteiger partial charge < -0.3 is 22.0 Å².